The average molecular weight is 308 g/mol. The molecule has 23 heavy (non-hydrogen) atoms. The average Bonchev–Trinajstić information content (AvgIpc) is 3.16. The number of hydrogen-bond acceptors (Lipinski definition) is 7. The number of aromatic nitrogens is 6. The summed E-state index contributed by atoms with van der Waals surface area (Å²) >= 11 is 0. The van der Waals surface area contributed by atoms with Crippen molar-refractivity contribution in [2.24, 2.45) is 7.05 Å². The largest absolute Gasteiger partial charge is 0.438 e. The zero-order chi connectivity index (χ0) is 15.8. The van der Waals surface area contributed by atoms with Gasteiger partial charge in [-0.25, -0.2) is 9.97 Å². The van der Waals surface area contributed by atoms with E-state index >= 15 is 0 Å². The molecule has 0 aliphatic rings. The minimum absolute atomic E-state index is 0.464. The number of benzene rings is 1. The second-order valence-corrected chi connectivity index (χ2v) is 4.95. The number of nitrogens with zero attached hydrogens (tertiary/aromatic N) is 6. The van der Waals surface area contributed by atoms with Crippen LogP contribution in [0.3, 0.4) is 0 Å². The highest BCUT2D eigenvalue weighted by atomic mass is 16.5. The van der Waals surface area contributed by atoms with Crippen LogP contribution in [0.4, 0.5) is 0 Å². The second-order valence-electron chi connectivity index (χ2n) is 4.95. The Kier molecular flexibility index (Phi) is 3.00. The Morgan fingerprint density at radius 3 is 2.70 bits per heavy atom. The smallest absolute Gasteiger partial charge is 0.233 e. The molecular formula is C15H12N6O2. The van der Waals surface area contributed by atoms with Crippen LogP contribution in [0, 0.1) is 6.92 Å². The third-order valence-corrected chi connectivity index (χ3v) is 3.35. The summed E-state index contributed by atoms with van der Waals surface area (Å²) in [7, 11) is 1.82. The van der Waals surface area contributed by atoms with E-state index in [9.17, 15) is 0 Å². The summed E-state index contributed by atoms with van der Waals surface area (Å²) in [5.41, 5.74) is 1.57. The first-order chi connectivity index (χ1) is 11.2. The lowest BCUT2D eigenvalue weighted by Crippen LogP contribution is -1.94. The molecule has 3 heterocycles. The molecule has 3 aromatic heterocycles. The topological polar surface area (TPSA) is 91.8 Å². The van der Waals surface area contributed by atoms with Crippen molar-refractivity contribution in [1.82, 2.24) is 29.9 Å². The Hall–Kier alpha value is -3.29. The molecule has 0 unspecified atom stereocenters. The van der Waals surface area contributed by atoms with Crippen LogP contribution in [0.5, 0.6) is 11.6 Å². The van der Waals surface area contributed by atoms with Crippen molar-refractivity contribution in [3.63, 3.8) is 0 Å². The maximum atomic E-state index is 5.83. The van der Waals surface area contributed by atoms with Gasteiger partial charge in [-0.3, -0.25) is 4.68 Å². The molecule has 0 aliphatic heterocycles. The van der Waals surface area contributed by atoms with E-state index < -0.39 is 0 Å². The van der Waals surface area contributed by atoms with Gasteiger partial charge in [0.2, 0.25) is 17.6 Å². The van der Waals surface area contributed by atoms with Gasteiger partial charge in [-0.15, -0.1) is 0 Å². The fraction of sp³-hybridized carbons (Fsp3) is 0.133. The Morgan fingerprint density at radius 2 is 1.96 bits per heavy atom. The lowest BCUT2D eigenvalue weighted by atomic mass is 10.2. The van der Waals surface area contributed by atoms with E-state index in [4.69, 9.17) is 9.26 Å². The molecular weight excluding hydrogens is 296 g/mol. The third-order valence-electron chi connectivity index (χ3n) is 3.35. The molecule has 0 saturated heterocycles. The molecule has 0 bridgehead atoms. The summed E-state index contributed by atoms with van der Waals surface area (Å²) in [6.45, 7) is 1.75. The standard InChI is InChI=1S/C15H12N6O2/c1-9-19-13(20-23-9)10-3-5-11(6-4-10)22-15-12-7-18-21(2)14(12)16-8-17-15/h3-8H,1-2H3. The van der Waals surface area contributed by atoms with Crippen molar-refractivity contribution >= 4 is 11.0 Å². The van der Waals surface area contributed by atoms with Crippen LogP contribution < -0.4 is 4.74 Å². The molecule has 0 fully saturated rings. The van der Waals surface area contributed by atoms with Gasteiger partial charge in [0.05, 0.1) is 6.20 Å². The van der Waals surface area contributed by atoms with Gasteiger partial charge in [0.25, 0.3) is 0 Å². The summed E-state index contributed by atoms with van der Waals surface area (Å²) in [5.74, 6) is 2.19. The summed E-state index contributed by atoms with van der Waals surface area (Å²) in [6, 6.07) is 7.37. The molecule has 8 heteroatoms. The van der Waals surface area contributed by atoms with E-state index in [0.29, 0.717) is 29.0 Å². The minimum Gasteiger partial charge on any atom is -0.438 e. The Morgan fingerprint density at radius 1 is 1.13 bits per heavy atom. The van der Waals surface area contributed by atoms with Crippen molar-refractivity contribution < 1.29 is 9.26 Å². The fourth-order valence-corrected chi connectivity index (χ4v) is 2.22. The van der Waals surface area contributed by atoms with Crippen LogP contribution in [-0.2, 0) is 7.05 Å². The zero-order valence-corrected chi connectivity index (χ0v) is 12.5. The van der Waals surface area contributed by atoms with E-state index in [0.717, 1.165) is 10.9 Å². The quantitative estimate of drug-likeness (QED) is 0.574. The van der Waals surface area contributed by atoms with E-state index in [2.05, 4.69) is 25.2 Å². The first-order valence-corrected chi connectivity index (χ1v) is 6.92. The van der Waals surface area contributed by atoms with Gasteiger partial charge in [-0.1, -0.05) is 5.16 Å². The maximum Gasteiger partial charge on any atom is 0.233 e. The van der Waals surface area contributed by atoms with E-state index in [1.165, 1.54) is 6.33 Å². The molecule has 0 spiro atoms. The normalized spacial score (nSPS) is 11.0. The summed E-state index contributed by atoms with van der Waals surface area (Å²) < 4.78 is 12.5. The molecule has 0 radical (unpaired) electrons. The van der Waals surface area contributed by atoms with Crippen LogP contribution >= 0.6 is 0 Å². The van der Waals surface area contributed by atoms with Crippen molar-refractivity contribution in [2.75, 3.05) is 0 Å². The van der Waals surface area contributed by atoms with E-state index in [1.54, 1.807) is 17.8 Å². The van der Waals surface area contributed by atoms with Gasteiger partial charge in [0.1, 0.15) is 17.5 Å². The zero-order valence-electron chi connectivity index (χ0n) is 12.5. The molecule has 1 aromatic carbocycles. The molecule has 8 nitrogen and oxygen atoms in total. The number of rotatable bonds is 3. The number of ether oxygens (including phenoxy) is 1. The molecule has 0 N–H and O–H groups in total. The van der Waals surface area contributed by atoms with Crippen LogP contribution in [0.25, 0.3) is 22.4 Å². The first-order valence-electron chi connectivity index (χ1n) is 6.92. The van der Waals surface area contributed by atoms with E-state index in [-0.39, 0.29) is 0 Å². The SMILES string of the molecule is Cc1nc(-c2ccc(Oc3ncnc4c3cnn4C)cc2)no1. The van der Waals surface area contributed by atoms with Gasteiger partial charge in [-0.2, -0.15) is 10.1 Å². The first kappa shape index (κ1) is 13.4. The lowest BCUT2D eigenvalue weighted by molar-refractivity contribution is 0.394. The predicted molar refractivity (Wildman–Crippen MR) is 80.8 cm³/mol. The fourth-order valence-electron chi connectivity index (χ4n) is 2.22. The van der Waals surface area contributed by atoms with Crippen LogP contribution in [-0.4, -0.2) is 29.9 Å². The molecule has 0 aliphatic carbocycles. The van der Waals surface area contributed by atoms with E-state index in [1.807, 2.05) is 31.3 Å². The highest BCUT2D eigenvalue weighted by Gasteiger charge is 2.10. The van der Waals surface area contributed by atoms with Crippen molar-refractivity contribution in [3.05, 3.63) is 42.7 Å². The summed E-state index contributed by atoms with van der Waals surface area (Å²) in [6.07, 6.45) is 3.14. The monoisotopic (exact) mass is 308 g/mol. The molecule has 114 valence electrons. The number of aryl methyl sites for hydroxylation is 2. The van der Waals surface area contributed by atoms with Crippen molar-refractivity contribution in [3.8, 4) is 23.0 Å². The van der Waals surface area contributed by atoms with Gasteiger partial charge < -0.3 is 9.26 Å². The Bertz CT molecular complexity index is 973. The van der Waals surface area contributed by atoms with Crippen LogP contribution in [0.1, 0.15) is 5.89 Å². The van der Waals surface area contributed by atoms with Gasteiger partial charge >= 0.3 is 0 Å². The van der Waals surface area contributed by atoms with Gasteiger partial charge in [-0.05, 0) is 24.3 Å². The van der Waals surface area contributed by atoms with Crippen molar-refractivity contribution in [1.29, 1.82) is 0 Å². The molecule has 4 rings (SSSR count). The third kappa shape index (κ3) is 2.39. The highest BCUT2D eigenvalue weighted by molar-refractivity contribution is 5.79. The second kappa shape index (κ2) is 5.16. The van der Waals surface area contributed by atoms with Crippen molar-refractivity contribution in [2.45, 2.75) is 6.92 Å². The molecule has 0 saturated carbocycles. The van der Waals surface area contributed by atoms with Crippen LogP contribution in [0.15, 0.2) is 41.3 Å². The summed E-state index contributed by atoms with van der Waals surface area (Å²) in [4.78, 5) is 12.5. The van der Waals surface area contributed by atoms with Crippen LogP contribution in [0.2, 0.25) is 0 Å². The van der Waals surface area contributed by atoms with Gasteiger partial charge in [0, 0.05) is 19.5 Å². The number of fused-ring (bicyclic) bond motifs is 1. The molecule has 0 atom stereocenters. The number of hydrogen-bond donors (Lipinski definition) is 0. The van der Waals surface area contributed by atoms with Gasteiger partial charge in [0.15, 0.2) is 5.65 Å². The Balaban J connectivity index is 1.63. The highest BCUT2D eigenvalue weighted by Crippen LogP contribution is 2.27. The lowest BCUT2D eigenvalue weighted by Gasteiger charge is -2.05. The maximum absolute atomic E-state index is 5.83. The predicted octanol–water partition coefficient (Wildman–Crippen LogP) is 2.51. The minimum atomic E-state index is 0.464. The summed E-state index contributed by atoms with van der Waals surface area (Å²) in [5, 5.41) is 8.80. The molecule has 4 aromatic rings. The Labute approximate surface area is 130 Å². The molecule has 0 amide bonds.